The van der Waals surface area contributed by atoms with Crippen molar-refractivity contribution in [2.75, 3.05) is 13.2 Å². The molecule has 2 atom stereocenters. The van der Waals surface area contributed by atoms with Crippen molar-refractivity contribution in [2.45, 2.75) is 52.2 Å². The van der Waals surface area contributed by atoms with Crippen LogP contribution in [-0.4, -0.2) is 41.8 Å². The first-order chi connectivity index (χ1) is 12.3. The molecule has 0 saturated carbocycles. The zero-order valence-electron chi connectivity index (χ0n) is 16.1. The summed E-state index contributed by atoms with van der Waals surface area (Å²) in [6, 6.07) is 10.1. The molecule has 5 nitrogen and oxygen atoms in total. The first kappa shape index (κ1) is 20.0. The average molecular weight is 359 g/mol. The van der Waals surface area contributed by atoms with Gasteiger partial charge in [0.15, 0.2) is 0 Å². The van der Waals surface area contributed by atoms with E-state index in [0.717, 1.165) is 12.8 Å². The molecule has 1 amide bonds. The largest absolute Gasteiger partial charge is 0.463 e. The summed E-state index contributed by atoms with van der Waals surface area (Å²) >= 11 is 0. The Morgan fingerprint density at radius 3 is 2.54 bits per heavy atom. The molecule has 0 bridgehead atoms. The molecule has 1 saturated heterocycles. The summed E-state index contributed by atoms with van der Waals surface area (Å²) < 4.78 is 10.5. The molecule has 142 valence electrons. The highest BCUT2D eigenvalue weighted by atomic mass is 16.6. The molecule has 5 heteroatoms. The van der Waals surface area contributed by atoms with Gasteiger partial charge in [0.25, 0.3) is 0 Å². The zero-order valence-corrected chi connectivity index (χ0v) is 16.1. The summed E-state index contributed by atoms with van der Waals surface area (Å²) in [6.07, 6.45) is 4.52. The molecule has 0 N–H and O–H groups in total. The number of likely N-dealkylation sites (tertiary alicyclic amines) is 1. The van der Waals surface area contributed by atoms with Crippen molar-refractivity contribution < 1.29 is 19.1 Å². The molecule has 0 aromatic heterocycles. The normalized spacial score (nSPS) is 20.4. The molecule has 0 spiro atoms. The molecular formula is C21H29NO4. The number of carbonyl (C=O) groups excluding carboxylic acids is 2. The lowest BCUT2D eigenvalue weighted by atomic mass is 9.97. The van der Waals surface area contributed by atoms with Gasteiger partial charge in [-0.05, 0) is 52.0 Å². The molecule has 1 aliphatic heterocycles. The standard InChI is InChI=1S/C21H29NO4/c1-5-25-19(23)12-11-18-14-17(13-16-9-7-6-8-10-16)15-22(18)20(24)26-21(2,3)4/h6-12,17-18H,5,13-15H2,1-4H3/b12-11+/t17-,18-/m1/s1. The molecule has 1 fully saturated rings. The molecule has 0 aliphatic carbocycles. The van der Waals surface area contributed by atoms with Gasteiger partial charge >= 0.3 is 12.1 Å². The Balaban J connectivity index is 2.09. The average Bonchev–Trinajstić information content (AvgIpc) is 2.95. The Morgan fingerprint density at radius 1 is 1.23 bits per heavy atom. The summed E-state index contributed by atoms with van der Waals surface area (Å²) in [5.41, 5.74) is 0.695. The van der Waals surface area contributed by atoms with Crippen LogP contribution in [0.2, 0.25) is 0 Å². The van der Waals surface area contributed by atoms with E-state index >= 15 is 0 Å². The Hall–Kier alpha value is -2.30. The third-order valence-electron chi connectivity index (χ3n) is 4.17. The van der Waals surface area contributed by atoms with Crippen LogP contribution >= 0.6 is 0 Å². The second-order valence-electron chi connectivity index (χ2n) is 7.60. The van der Waals surface area contributed by atoms with Crippen LogP contribution in [0.4, 0.5) is 4.79 Å². The lowest BCUT2D eigenvalue weighted by Crippen LogP contribution is -2.39. The van der Waals surface area contributed by atoms with Gasteiger partial charge in [-0.1, -0.05) is 36.4 Å². The number of hydrogen-bond acceptors (Lipinski definition) is 4. The fraction of sp³-hybridized carbons (Fsp3) is 0.524. The maximum Gasteiger partial charge on any atom is 0.410 e. The van der Waals surface area contributed by atoms with Gasteiger partial charge in [0.05, 0.1) is 12.6 Å². The van der Waals surface area contributed by atoms with E-state index in [-0.39, 0.29) is 18.1 Å². The van der Waals surface area contributed by atoms with E-state index in [1.54, 1.807) is 17.9 Å². The number of ether oxygens (including phenoxy) is 2. The van der Waals surface area contributed by atoms with Crippen LogP contribution < -0.4 is 0 Å². The molecule has 1 aromatic rings. The number of esters is 1. The fourth-order valence-corrected chi connectivity index (χ4v) is 3.15. The van der Waals surface area contributed by atoms with Crippen LogP contribution in [0.25, 0.3) is 0 Å². The van der Waals surface area contributed by atoms with Crippen molar-refractivity contribution in [1.29, 1.82) is 0 Å². The number of carbonyl (C=O) groups is 2. The lowest BCUT2D eigenvalue weighted by molar-refractivity contribution is -0.137. The van der Waals surface area contributed by atoms with Crippen LogP contribution in [0.3, 0.4) is 0 Å². The van der Waals surface area contributed by atoms with E-state index in [1.165, 1.54) is 11.6 Å². The van der Waals surface area contributed by atoms with Crippen molar-refractivity contribution in [3.8, 4) is 0 Å². The minimum atomic E-state index is -0.552. The first-order valence-corrected chi connectivity index (χ1v) is 9.17. The van der Waals surface area contributed by atoms with E-state index in [1.807, 2.05) is 39.0 Å². The summed E-state index contributed by atoms with van der Waals surface area (Å²) in [7, 11) is 0. The summed E-state index contributed by atoms with van der Waals surface area (Å²) in [6.45, 7) is 8.27. The zero-order chi connectivity index (χ0) is 19.2. The third kappa shape index (κ3) is 6.21. The number of rotatable bonds is 5. The van der Waals surface area contributed by atoms with Crippen molar-refractivity contribution in [3.05, 3.63) is 48.0 Å². The second-order valence-corrected chi connectivity index (χ2v) is 7.60. The molecule has 1 aliphatic rings. The van der Waals surface area contributed by atoms with Crippen molar-refractivity contribution in [1.82, 2.24) is 4.90 Å². The molecule has 0 radical (unpaired) electrons. The van der Waals surface area contributed by atoms with Gasteiger partial charge < -0.3 is 14.4 Å². The molecular weight excluding hydrogens is 330 g/mol. The lowest BCUT2D eigenvalue weighted by Gasteiger charge is -2.27. The Bertz CT molecular complexity index is 633. The minimum Gasteiger partial charge on any atom is -0.463 e. The van der Waals surface area contributed by atoms with E-state index in [4.69, 9.17) is 9.47 Å². The third-order valence-corrected chi connectivity index (χ3v) is 4.17. The quantitative estimate of drug-likeness (QED) is 0.589. The molecule has 1 aromatic carbocycles. The summed E-state index contributed by atoms with van der Waals surface area (Å²) in [5.74, 6) is -0.0649. The van der Waals surface area contributed by atoms with Crippen LogP contribution in [0.15, 0.2) is 42.5 Å². The van der Waals surface area contributed by atoms with Crippen molar-refractivity contribution in [3.63, 3.8) is 0 Å². The van der Waals surface area contributed by atoms with Gasteiger partial charge in [-0.3, -0.25) is 0 Å². The van der Waals surface area contributed by atoms with E-state index in [2.05, 4.69) is 12.1 Å². The SMILES string of the molecule is CCOC(=O)/C=C/[C@@H]1C[C@@H](Cc2ccccc2)CN1C(=O)OC(C)(C)C. The van der Waals surface area contributed by atoms with E-state index < -0.39 is 5.60 Å². The number of amides is 1. The number of benzene rings is 1. The number of nitrogens with zero attached hydrogens (tertiary/aromatic N) is 1. The number of hydrogen-bond donors (Lipinski definition) is 0. The Kier molecular flexibility index (Phi) is 6.83. The highest BCUT2D eigenvalue weighted by Gasteiger charge is 2.36. The highest BCUT2D eigenvalue weighted by molar-refractivity contribution is 5.82. The first-order valence-electron chi connectivity index (χ1n) is 9.17. The van der Waals surface area contributed by atoms with Gasteiger partial charge in [0.1, 0.15) is 5.60 Å². The monoisotopic (exact) mass is 359 g/mol. The summed E-state index contributed by atoms with van der Waals surface area (Å²) in [4.78, 5) is 25.9. The predicted molar refractivity (Wildman–Crippen MR) is 101 cm³/mol. The molecule has 1 heterocycles. The van der Waals surface area contributed by atoms with E-state index in [0.29, 0.717) is 19.1 Å². The maximum atomic E-state index is 12.6. The predicted octanol–water partition coefficient (Wildman–Crippen LogP) is 3.97. The molecule has 26 heavy (non-hydrogen) atoms. The van der Waals surface area contributed by atoms with Crippen LogP contribution in [0.5, 0.6) is 0 Å². The van der Waals surface area contributed by atoms with Crippen LogP contribution in [-0.2, 0) is 20.7 Å². The van der Waals surface area contributed by atoms with Gasteiger partial charge in [0.2, 0.25) is 0 Å². The topological polar surface area (TPSA) is 55.8 Å². The second kappa shape index (κ2) is 8.88. The van der Waals surface area contributed by atoms with Gasteiger partial charge in [-0.2, -0.15) is 0 Å². The van der Waals surface area contributed by atoms with E-state index in [9.17, 15) is 9.59 Å². The minimum absolute atomic E-state index is 0.164. The molecule has 0 unspecified atom stereocenters. The Labute approximate surface area is 156 Å². The maximum absolute atomic E-state index is 12.6. The fourth-order valence-electron chi connectivity index (χ4n) is 3.15. The van der Waals surface area contributed by atoms with Gasteiger partial charge in [-0.15, -0.1) is 0 Å². The highest BCUT2D eigenvalue weighted by Crippen LogP contribution is 2.29. The van der Waals surface area contributed by atoms with Crippen molar-refractivity contribution >= 4 is 12.1 Å². The Morgan fingerprint density at radius 2 is 1.92 bits per heavy atom. The van der Waals surface area contributed by atoms with Gasteiger partial charge in [-0.25, -0.2) is 9.59 Å². The van der Waals surface area contributed by atoms with Crippen molar-refractivity contribution in [2.24, 2.45) is 5.92 Å². The van der Waals surface area contributed by atoms with Crippen LogP contribution in [0.1, 0.15) is 39.7 Å². The van der Waals surface area contributed by atoms with Gasteiger partial charge in [0, 0.05) is 12.6 Å². The smallest absolute Gasteiger partial charge is 0.410 e. The summed E-state index contributed by atoms with van der Waals surface area (Å²) in [5, 5.41) is 0. The van der Waals surface area contributed by atoms with Crippen LogP contribution in [0, 0.1) is 5.92 Å². The molecule has 2 rings (SSSR count).